The van der Waals surface area contributed by atoms with E-state index in [2.05, 4.69) is 43.1 Å². The highest BCUT2D eigenvalue weighted by Crippen LogP contribution is 2.37. The molecule has 1 unspecified atom stereocenters. The van der Waals surface area contributed by atoms with Crippen molar-refractivity contribution >= 4 is 0 Å². The van der Waals surface area contributed by atoms with E-state index in [4.69, 9.17) is 4.74 Å². The molecule has 1 aromatic heterocycles. The van der Waals surface area contributed by atoms with Gasteiger partial charge in [0.2, 0.25) is 0 Å². The van der Waals surface area contributed by atoms with Crippen molar-refractivity contribution in [2.45, 2.75) is 77.5 Å². The van der Waals surface area contributed by atoms with Crippen molar-refractivity contribution in [2.24, 2.45) is 0 Å². The summed E-state index contributed by atoms with van der Waals surface area (Å²) < 4.78 is 8.26. The Hall–Kier alpha value is -0.940. The van der Waals surface area contributed by atoms with Crippen LogP contribution in [0.2, 0.25) is 0 Å². The highest BCUT2D eigenvalue weighted by molar-refractivity contribution is 5.03. The zero-order valence-electron chi connectivity index (χ0n) is 13.9. The van der Waals surface area contributed by atoms with Gasteiger partial charge in [0, 0.05) is 25.1 Å². The molecule has 21 heavy (non-hydrogen) atoms. The lowest BCUT2D eigenvalue weighted by Gasteiger charge is -2.38. The molecule has 1 saturated carbocycles. The lowest BCUT2D eigenvalue weighted by molar-refractivity contribution is -0.0615. The van der Waals surface area contributed by atoms with Crippen molar-refractivity contribution in [3.8, 4) is 0 Å². The fourth-order valence-corrected chi connectivity index (χ4v) is 3.58. The first kappa shape index (κ1) is 16.4. The molecule has 1 heterocycles. The molecule has 0 saturated heterocycles. The topological polar surface area (TPSA) is 52.0 Å². The molecule has 0 aliphatic heterocycles. The summed E-state index contributed by atoms with van der Waals surface area (Å²) in [5, 5.41) is 8.01. The van der Waals surface area contributed by atoms with Crippen LogP contribution in [0.4, 0.5) is 0 Å². The quantitative estimate of drug-likeness (QED) is 0.801. The average Bonchev–Trinajstić information content (AvgIpc) is 3.08. The number of hydrogen-bond donors (Lipinski definition) is 1. The standard InChI is InChI=1S/C16H30N4O/c1-5-17-14(16(21-6-2)9-7-8-10-16)11-15-18-12-19-20(15)13(3)4/h12-14,17H,5-11H2,1-4H3. The molecule has 0 bridgehead atoms. The molecule has 0 spiro atoms. The summed E-state index contributed by atoms with van der Waals surface area (Å²) >= 11 is 0. The van der Waals surface area contributed by atoms with Crippen molar-refractivity contribution in [1.82, 2.24) is 20.1 Å². The van der Waals surface area contributed by atoms with Crippen LogP contribution in [0.15, 0.2) is 6.33 Å². The first-order valence-corrected chi connectivity index (χ1v) is 8.38. The van der Waals surface area contributed by atoms with Gasteiger partial charge in [-0.3, -0.25) is 0 Å². The monoisotopic (exact) mass is 294 g/mol. The molecule has 1 aliphatic rings. The van der Waals surface area contributed by atoms with E-state index in [1.807, 2.05) is 4.68 Å². The van der Waals surface area contributed by atoms with Crippen LogP contribution in [0.5, 0.6) is 0 Å². The van der Waals surface area contributed by atoms with Crippen LogP contribution in [0, 0.1) is 0 Å². The van der Waals surface area contributed by atoms with Gasteiger partial charge < -0.3 is 10.1 Å². The van der Waals surface area contributed by atoms with E-state index in [-0.39, 0.29) is 5.60 Å². The van der Waals surface area contributed by atoms with E-state index in [1.54, 1.807) is 6.33 Å². The van der Waals surface area contributed by atoms with Crippen molar-refractivity contribution in [2.75, 3.05) is 13.2 Å². The van der Waals surface area contributed by atoms with Gasteiger partial charge in [-0.25, -0.2) is 9.67 Å². The molecule has 2 rings (SSSR count). The molecule has 0 radical (unpaired) electrons. The Morgan fingerprint density at radius 1 is 1.33 bits per heavy atom. The van der Waals surface area contributed by atoms with Crippen LogP contribution in [0.3, 0.4) is 0 Å². The second-order valence-electron chi connectivity index (χ2n) is 6.23. The average molecular weight is 294 g/mol. The minimum atomic E-state index is -0.0292. The van der Waals surface area contributed by atoms with Crippen molar-refractivity contribution in [3.63, 3.8) is 0 Å². The summed E-state index contributed by atoms with van der Waals surface area (Å²) in [4.78, 5) is 4.48. The number of nitrogens with one attached hydrogen (secondary N) is 1. The Morgan fingerprint density at radius 2 is 2.05 bits per heavy atom. The Bertz CT molecular complexity index is 424. The van der Waals surface area contributed by atoms with Gasteiger partial charge in [-0.05, 0) is 40.2 Å². The number of aromatic nitrogens is 3. The molecular weight excluding hydrogens is 264 g/mol. The minimum absolute atomic E-state index is 0.0292. The van der Waals surface area contributed by atoms with Crippen molar-refractivity contribution in [1.29, 1.82) is 0 Å². The lowest BCUT2D eigenvalue weighted by atomic mass is 9.89. The number of nitrogens with zero attached hydrogens (tertiary/aromatic N) is 3. The molecule has 0 amide bonds. The van der Waals surface area contributed by atoms with Crippen LogP contribution in [-0.2, 0) is 11.2 Å². The molecule has 0 aromatic carbocycles. The van der Waals surface area contributed by atoms with Gasteiger partial charge in [-0.15, -0.1) is 0 Å². The Morgan fingerprint density at radius 3 is 2.62 bits per heavy atom. The van der Waals surface area contributed by atoms with Gasteiger partial charge in [0.1, 0.15) is 12.2 Å². The summed E-state index contributed by atoms with van der Waals surface area (Å²) in [6.45, 7) is 10.3. The van der Waals surface area contributed by atoms with E-state index < -0.39 is 0 Å². The molecule has 5 nitrogen and oxygen atoms in total. The van der Waals surface area contributed by atoms with Gasteiger partial charge in [0.05, 0.1) is 5.60 Å². The summed E-state index contributed by atoms with van der Waals surface area (Å²) in [5.74, 6) is 1.06. The second-order valence-corrected chi connectivity index (χ2v) is 6.23. The summed E-state index contributed by atoms with van der Waals surface area (Å²) in [5.41, 5.74) is -0.0292. The predicted molar refractivity (Wildman–Crippen MR) is 84.4 cm³/mol. The van der Waals surface area contributed by atoms with Gasteiger partial charge in [-0.1, -0.05) is 19.8 Å². The normalized spacial score (nSPS) is 19.3. The maximum atomic E-state index is 6.23. The smallest absolute Gasteiger partial charge is 0.138 e. The van der Waals surface area contributed by atoms with E-state index >= 15 is 0 Å². The van der Waals surface area contributed by atoms with Crippen molar-refractivity contribution in [3.05, 3.63) is 12.2 Å². The van der Waals surface area contributed by atoms with Crippen LogP contribution in [0.1, 0.15) is 65.2 Å². The Balaban J connectivity index is 2.19. The van der Waals surface area contributed by atoms with Crippen LogP contribution < -0.4 is 5.32 Å². The third-order valence-corrected chi connectivity index (χ3v) is 4.49. The fraction of sp³-hybridized carbons (Fsp3) is 0.875. The maximum absolute atomic E-state index is 6.23. The number of ether oxygens (including phenoxy) is 1. The molecule has 1 N–H and O–H groups in total. The third-order valence-electron chi connectivity index (χ3n) is 4.49. The van der Waals surface area contributed by atoms with E-state index in [9.17, 15) is 0 Å². The summed E-state index contributed by atoms with van der Waals surface area (Å²) in [6, 6.07) is 0.656. The zero-order valence-corrected chi connectivity index (χ0v) is 13.9. The van der Waals surface area contributed by atoms with Crippen molar-refractivity contribution < 1.29 is 4.74 Å². The molecule has 1 aliphatic carbocycles. The van der Waals surface area contributed by atoms with Gasteiger partial charge in [-0.2, -0.15) is 5.10 Å². The maximum Gasteiger partial charge on any atom is 0.138 e. The highest BCUT2D eigenvalue weighted by Gasteiger charge is 2.42. The molecule has 1 atom stereocenters. The number of hydrogen-bond acceptors (Lipinski definition) is 4. The largest absolute Gasteiger partial charge is 0.374 e. The van der Waals surface area contributed by atoms with E-state index in [0.717, 1.165) is 38.2 Å². The third kappa shape index (κ3) is 3.64. The Kier molecular flexibility index (Phi) is 5.76. The predicted octanol–water partition coefficient (Wildman–Crippen LogP) is 2.73. The van der Waals surface area contributed by atoms with Gasteiger partial charge in [0.15, 0.2) is 0 Å². The molecule has 120 valence electrons. The van der Waals surface area contributed by atoms with E-state index in [0.29, 0.717) is 12.1 Å². The number of likely N-dealkylation sites (N-methyl/N-ethyl adjacent to an activating group) is 1. The Labute approximate surface area is 128 Å². The molecular formula is C16H30N4O. The molecule has 1 fully saturated rings. The van der Waals surface area contributed by atoms with Gasteiger partial charge in [0.25, 0.3) is 0 Å². The first-order valence-electron chi connectivity index (χ1n) is 8.38. The van der Waals surface area contributed by atoms with Gasteiger partial charge >= 0.3 is 0 Å². The summed E-state index contributed by atoms with van der Waals surface area (Å²) in [6.07, 6.45) is 7.37. The number of rotatable bonds is 8. The molecule has 5 heteroatoms. The van der Waals surface area contributed by atoms with Crippen LogP contribution in [-0.4, -0.2) is 39.6 Å². The molecule has 1 aromatic rings. The second kappa shape index (κ2) is 7.36. The zero-order chi connectivity index (χ0) is 15.3. The van der Waals surface area contributed by atoms with Crippen LogP contribution >= 0.6 is 0 Å². The SMILES string of the molecule is CCNC(Cc1ncnn1C(C)C)C1(OCC)CCCC1. The van der Waals surface area contributed by atoms with Crippen LogP contribution in [0.25, 0.3) is 0 Å². The highest BCUT2D eigenvalue weighted by atomic mass is 16.5. The fourth-order valence-electron chi connectivity index (χ4n) is 3.58. The first-order chi connectivity index (χ1) is 10.1. The minimum Gasteiger partial charge on any atom is -0.374 e. The summed E-state index contributed by atoms with van der Waals surface area (Å²) in [7, 11) is 0. The lowest BCUT2D eigenvalue weighted by Crippen LogP contribution is -2.52. The van der Waals surface area contributed by atoms with E-state index in [1.165, 1.54) is 12.8 Å².